The molecule has 1 aromatic carbocycles. The number of halogens is 1. The van der Waals surface area contributed by atoms with Crippen LogP contribution >= 0.6 is 0 Å². The van der Waals surface area contributed by atoms with Crippen LogP contribution in [0.1, 0.15) is 19.3 Å². The second kappa shape index (κ2) is 10.2. The highest BCUT2D eigenvalue weighted by molar-refractivity contribution is 5.78. The first-order valence-corrected chi connectivity index (χ1v) is 10.2. The lowest BCUT2D eigenvalue weighted by molar-refractivity contribution is -0.155. The maximum absolute atomic E-state index is 13.0. The number of carbonyl (C=O) groups is 1. The van der Waals surface area contributed by atoms with E-state index >= 15 is 0 Å². The van der Waals surface area contributed by atoms with E-state index in [1.54, 1.807) is 12.1 Å². The van der Waals surface area contributed by atoms with E-state index in [2.05, 4.69) is 23.9 Å². The number of benzene rings is 1. The van der Waals surface area contributed by atoms with Crippen molar-refractivity contribution in [2.24, 2.45) is 0 Å². The van der Waals surface area contributed by atoms with Crippen molar-refractivity contribution >= 4 is 5.91 Å². The highest BCUT2D eigenvalue weighted by Crippen LogP contribution is 2.21. The molecule has 0 bridgehead atoms. The standard InChI is InChI=1S/C21H32FN3O3/c1-23(2)10-3-11-24-12-8-18(9-13-24)25-14-20(28-16-21(25)26)15-27-19-6-4-17(22)5-7-19/h4-7,18,20H,3,8-16H2,1-2H3. The minimum atomic E-state index is -0.286. The van der Waals surface area contributed by atoms with Crippen molar-refractivity contribution in [3.63, 3.8) is 0 Å². The topological polar surface area (TPSA) is 45.2 Å². The first-order chi connectivity index (χ1) is 13.5. The van der Waals surface area contributed by atoms with Crippen LogP contribution in [0.5, 0.6) is 5.75 Å². The number of ether oxygens (including phenoxy) is 2. The summed E-state index contributed by atoms with van der Waals surface area (Å²) in [6.45, 7) is 5.34. The number of morpholine rings is 1. The zero-order valence-corrected chi connectivity index (χ0v) is 17.0. The molecule has 6 nitrogen and oxygen atoms in total. The minimum absolute atomic E-state index is 0.0732. The summed E-state index contributed by atoms with van der Waals surface area (Å²) in [6.07, 6.45) is 3.05. The van der Waals surface area contributed by atoms with Crippen LogP contribution in [0, 0.1) is 5.82 Å². The molecule has 2 aliphatic rings. The van der Waals surface area contributed by atoms with Crippen molar-refractivity contribution in [1.82, 2.24) is 14.7 Å². The Bertz CT molecular complexity index is 618. The summed E-state index contributed by atoms with van der Waals surface area (Å²) in [5.41, 5.74) is 0. The average Bonchev–Trinajstić information content (AvgIpc) is 2.69. The zero-order chi connectivity index (χ0) is 19.9. The minimum Gasteiger partial charge on any atom is -0.491 e. The van der Waals surface area contributed by atoms with Crippen LogP contribution < -0.4 is 4.74 Å². The van der Waals surface area contributed by atoms with Gasteiger partial charge in [0.05, 0.1) is 6.54 Å². The quantitative estimate of drug-likeness (QED) is 0.675. The summed E-state index contributed by atoms with van der Waals surface area (Å²) in [5, 5.41) is 0. The van der Waals surface area contributed by atoms with Crippen molar-refractivity contribution in [2.45, 2.75) is 31.4 Å². The van der Waals surface area contributed by atoms with Gasteiger partial charge in [-0.3, -0.25) is 4.79 Å². The van der Waals surface area contributed by atoms with Gasteiger partial charge in [-0.05, 0) is 70.7 Å². The molecular formula is C21H32FN3O3. The summed E-state index contributed by atoms with van der Waals surface area (Å²) in [7, 11) is 4.21. The fraction of sp³-hybridized carbons (Fsp3) is 0.667. The van der Waals surface area contributed by atoms with Gasteiger partial charge in [0.2, 0.25) is 5.91 Å². The van der Waals surface area contributed by atoms with Crippen molar-refractivity contribution in [3.05, 3.63) is 30.1 Å². The summed E-state index contributed by atoms with van der Waals surface area (Å²) >= 11 is 0. The van der Waals surface area contributed by atoms with Crippen molar-refractivity contribution < 1.29 is 18.7 Å². The monoisotopic (exact) mass is 393 g/mol. The lowest BCUT2D eigenvalue weighted by Gasteiger charge is -2.42. The molecule has 2 saturated heterocycles. The highest BCUT2D eigenvalue weighted by Gasteiger charge is 2.33. The number of likely N-dealkylation sites (tertiary alicyclic amines) is 1. The lowest BCUT2D eigenvalue weighted by atomic mass is 10.0. The predicted molar refractivity (Wildman–Crippen MR) is 106 cm³/mol. The average molecular weight is 394 g/mol. The Morgan fingerprint density at radius 1 is 1.21 bits per heavy atom. The Morgan fingerprint density at radius 3 is 2.61 bits per heavy atom. The van der Waals surface area contributed by atoms with Crippen molar-refractivity contribution in [3.8, 4) is 5.75 Å². The SMILES string of the molecule is CN(C)CCCN1CCC(N2CC(COc3ccc(F)cc3)OCC2=O)CC1. The Balaban J connectivity index is 1.43. The third-order valence-corrected chi connectivity index (χ3v) is 5.49. The van der Waals surface area contributed by atoms with Crippen molar-refractivity contribution in [1.29, 1.82) is 0 Å². The highest BCUT2D eigenvalue weighted by atomic mass is 19.1. The van der Waals surface area contributed by atoms with Crippen LogP contribution in [-0.4, -0.2) is 92.8 Å². The zero-order valence-electron chi connectivity index (χ0n) is 17.0. The number of amides is 1. The third kappa shape index (κ3) is 6.15. The molecule has 1 amide bonds. The lowest BCUT2D eigenvalue weighted by Crippen LogP contribution is -2.55. The van der Waals surface area contributed by atoms with Gasteiger partial charge < -0.3 is 24.2 Å². The Kier molecular flexibility index (Phi) is 7.65. The van der Waals surface area contributed by atoms with E-state index in [1.807, 2.05) is 4.90 Å². The van der Waals surface area contributed by atoms with Gasteiger partial charge in [-0.1, -0.05) is 0 Å². The number of carbonyl (C=O) groups excluding carboxylic acids is 1. The smallest absolute Gasteiger partial charge is 0.248 e. The summed E-state index contributed by atoms with van der Waals surface area (Å²) in [6, 6.07) is 6.24. The van der Waals surface area contributed by atoms with E-state index in [0.29, 0.717) is 18.9 Å². The number of rotatable bonds is 8. The third-order valence-electron chi connectivity index (χ3n) is 5.49. The van der Waals surface area contributed by atoms with Gasteiger partial charge in [-0.15, -0.1) is 0 Å². The van der Waals surface area contributed by atoms with Gasteiger partial charge in [-0.25, -0.2) is 4.39 Å². The van der Waals surface area contributed by atoms with Gasteiger partial charge in [0.1, 0.15) is 30.9 Å². The van der Waals surface area contributed by atoms with E-state index in [0.717, 1.165) is 39.0 Å². The molecule has 0 aromatic heterocycles. The molecular weight excluding hydrogens is 361 g/mol. The van der Waals surface area contributed by atoms with E-state index < -0.39 is 0 Å². The molecule has 28 heavy (non-hydrogen) atoms. The van der Waals surface area contributed by atoms with Crippen molar-refractivity contribution in [2.75, 3.05) is 60.0 Å². The Hall–Kier alpha value is -1.70. The van der Waals surface area contributed by atoms with E-state index in [4.69, 9.17) is 9.47 Å². The largest absolute Gasteiger partial charge is 0.491 e. The molecule has 1 unspecified atom stereocenters. The summed E-state index contributed by atoms with van der Waals surface area (Å²) in [5.74, 6) is 0.398. The van der Waals surface area contributed by atoms with Crippen LogP contribution in [-0.2, 0) is 9.53 Å². The molecule has 7 heteroatoms. The summed E-state index contributed by atoms with van der Waals surface area (Å²) in [4.78, 5) is 19.1. The normalized spacial score (nSPS) is 22.1. The number of nitrogens with zero attached hydrogens (tertiary/aromatic N) is 3. The fourth-order valence-corrected chi connectivity index (χ4v) is 3.88. The molecule has 156 valence electrons. The van der Waals surface area contributed by atoms with E-state index in [9.17, 15) is 9.18 Å². The molecule has 0 aliphatic carbocycles. The van der Waals surface area contributed by atoms with Gasteiger partial charge >= 0.3 is 0 Å². The molecule has 2 fully saturated rings. The Labute approximate surface area is 167 Å². The first kappa shape index (κ1) is 21.0. The van der Waals surface area contributed by atoms with Crippen LogP contribution in [0.3, 0.4) is 0 Å². The van der Waals surface area contributed by atoms with Crippen LogP contribution in [0.25, 0.3) is 0 Å². The van der Waals surface area contributed by atoms with Crippen LogP contribution in [0.4, 0.5) is 4.39 Å². The predicted octanol–water partition coefficient (Wildman–Crippen LogP) is 1.85. The molecule has 0 N–H and O–H groups in total. The summed E-state index contributed by atoms with van der Waals surface area (Å²) < 4.78 is 24.3. The van der Waals surface area contributed by atoms with Crippen LogP contribution in [0.15, 0.2) is 24.3 Å². The van der Waals surface area contributed by atoms with Gasteiger partial charge in [0.15, 0.2) is 0 Å². The molecule has 0 saturated carbocycles. The van der Waals surface area contributed by atoms with E-state index in [-0.39, 0.29) is 30.5 Å². The van der Waals surface area contributed by atoms with Crippen LogP contribution in [0.2, 0.25) is 0 Å². The molecule has 0 spiro atoms. The molecule has 1 aromatic rings. The fourth-order valence-electron chi connectivity index (χ4n) is 3.88. The second-order valence-corrected chi connectivity index (χ2v) is 7.97. The molecule has 0 radical (unpaired) electrons. The number of piperidine rings is 1. The molecule has 3 rings (SSSR count). The number of hydrogen-bond donors (Lipinski definition) is 0. The first-order valence-electron chi connectivity index (χ1n) is 10.2. The molecule has 2 aliphatic heterocycles. The molecule has 2 heterocycles. The molecule has 1 atom stereocenters. The second-order valence-electron chi connectivity index (χ2n) is 7.97. The maximum atomic E-state index is 13.0. The van der Waals surface area contributed by atoms with Gasteiger partial charge in [0.25, 0.3) is 0 Å². The maximum Gasteiger partial charge on any atom is 0.248 e. The Morgan fingerprint density at radius 2 is 1.93 bits per heavy atom. The van der Waals surface area contributed by atoms with E-state index in [1.165, 1.54) is 18.6 Å². The van der Waals surface area contributed by atoms with Gasteiger partial charge in [0, 0.05) is 19.1 Å². The number of hydrogen-bond acceptors (Lipinski definition) is 5. The van der Waals surface area contributed by atoms with Gasteiger partial charge in [-0.2, -0.15) is 0 Å².